The van der Waals surface area contributed by atoms with Gasteiger partial charge in [0.05, 0.1) is 54.7 Å². The van der Waals surface area contributed by atoms with Gasteiger partial charge in [-0.1, -0.05) is 164 Å². The van der Waals surface area contributed by atoms with E-state index in [4.69, 9.17) is 123 Å². The predicted octanol–water partition coefficient (Wildman–Crippen LogP) is 18.7. The minimum atomic E-state index is -0.764. The van der Waals surface area contributed by atoms with E-state index in [0.717, 1.165) is 44.5 Å². The molecule has 2 N–H and O–H groups in total. The Morgan fingerprint density at radius 1 is 0.311 bits per heavy atom. The molecule has 0 aliphatic carbocycles. The van der Waals surface area contributed by atoms with Gasteiger partial charge < -0.3 is 19.6 Å². The number of hydrogen-bond donors (Lipinski definition) is 2. The maximum Gasteiger partial charge on any atom is 0.184 e. The molecule has 0 spiro atoms. The van der Waals surface area contributed by atoms with Gasteiger partial charge in [0.1, 0.15) is 11.4 Å². The van der Waals surface area contributed by atoms with Crippen molar-refractivity contribution in [2.24, 2.45) is 10.3 Å². The maximum absolute atomic E-state index is 7.05. The summed E-state index contributed by atoms with van der Waals surface area (Å²) < 4.78 is 0. The van der Waals surface area contributed by atoms with Gasteiger partial charge in [0.2, 0.25) is 0 Å². The fraction of sp³-hybridized carbons (Fsp3) is 0.0690. The summed E-state index contributed by atoms with van der Waals surface area (Å²) in [4.78, 5) is 32.4. The third-order valence-electron chi connectivity index (χ3n) is 13.8. The van der Waals surface area contributed by atoms with Crippen LogP contribution in [-0.4, -0.2) is 31.4 Å². The lowest BCUT2D eigenvalue weighted by molar-refractivity contribution is 0.0799. The number of nitrogens with zero attached hydrogens (tertiary/aromatic N) is 4. The molecule has 0 unspecified atom stereocenters. The molecule has 4 aliphatic rings. The zero-order valence-corrected chi connectivity index (χ0v) is 44.0. The Kier molecular flexibility index (Phi) is 12.1. The van der Waals surface area contributed by atoms with E-state index in [1.165, 1.54) is 0 Å². The lowest BCUT2D eigenvalue weighted by Gasteiger charge is -2.17. The summed E-state index contributed by atoms with van der Waals surface area (Å²) in [6.07, 6.45) is -1.53. The molecule has 0 saturated heterocycles. The largest absolute Gasteiger partial charge is 0.385 e. The van der Waals surface area contributed by atoms with E-state index in [2.05, 4.69) is 9.97 Å². The van der Waals surface area contributed by atoms with Gasteiger partial charge in [-0.2, -0.15) is 0 Å². The fourth-order valence-electron chi connectivity index (χ4n) is 10.5. The second kappa shape index (κ2) is 18.8. The molecule has 0 amide bonds. The zero-order chi connectivity index (χ0) is 50.5. The van der Waals surface area contributed by atoms with Gasteiger partial charge in [0.25, 0.3) is 0 Å². The molecule has 13 rings (SSSR count). The Labute approximate surface area is 463 Å². The predicted molar refractivity (Wildman–Crippen MR) is 302 cm³/mol. The first-order chi connectivity index (χ1) is 36.0. The van der Waals surface area contributed by atoms with E-state index in [0.29, 0.717) is 108 Å². The van der Waals surface area contributed by atoms with Crippen LogP contribution in [0.2, 0.25) is 40.2 Å². The lowest BCUT2D eigenvalue weighted by Crippen LogP contribution is -2.14. The molecule has 7 heterocycles. The summed E-state index contributed by atoms with van der Waals surface area (Å²) >= 11 is 54.7. The zero-order valence-electron chi connectivity index (χ0n) is 37.9. The quantitative estimate of drug-likeness (QED) is 0.173. The number of oxime groups is 2. The Bertz CT molecular complexity index is 3720. The lowest BCUT2D eigenvalue weighted by atomic mass is 9.85. The summed E-state index contributed by atoms with van der Waals surface area (Å²) in [5.41, 5.74) is 13.6. The van der Waals surface area contributed by atoms with Crippen LogP contribution in [0.3, 0.4) is 0 Å². The van der Waals surface area contributed by atoms with E-state index in [1.807, 2.05) is 121 Å². The van der Waals surface area contributed by atoms with Crippen molar-refractivity contribution in [2.45, 2.75) is 24.0 Å². The first kappa shape index (κ1) is 47.4. The van der Waals surface area contributed by atoms with E-state index >= 15 is 0 Å². The van der Waals surface area contributed by atoms with Crippen molar-refractivity contribution in [3.8, 4) is 44.5 Å². The van der Waals surface area contributed by atoms with Gasteiger partial charge in [-0.3, -0.25) is 9.97 Å². The fourth-order valence-corrected chi connectivity index (χ4v) is 12.2. The van der Waals surface area contributed by atoms with Gasteiger partial charge in [-0.15, -0.1) is 0 Å². The number of fused-ring (bicyclic) bond motifs is 14. The van der Waals surface area contributed by atoms with Gasteiger partial charge in [0.15, 0.2) is 12.2 Å². The van der Waals surface area contributed by atoms with Crippen molar-refractivity contribution in [3.63, 3.8) is 0 Å². The highest BCUT2D eigenvalue weighted by Crippen LogP contribution is 2.55. The molecular weight excluding hydrogens is 1100 g/mol. The summed E-state index contributed by atoms with van der Waals surface area (Å²) in [5, 5.41) is 13.6. The number of aromatic amines is 2. The Morgan fingerprint density at radius 2 is 0.581 bits per heavy atom. The second-order valence-electron chi connectivity index (χ2n) is 18.0. The number of H-pyrrole nitrogens is 2. The summed E-state index contributed by atoms with van der Waals surface area (Å²) in [7, 11) is 0. The van der Waals surface area contributed by atoms with Crippen LogP contribution in [0.5, 0.6) is 0 Å². The van der Waals surface area contributed by atoms with Crippen molar-refractivity contribution in [1.29, 1.82) is 0 Å². The molecule has 8 bridgehead atoms. The Balaban J connectivity index is 1.24. The topological polar surface area (TPSA) is 101 Å². The van der Waals surface area contributed by atoms with Crippen LogP contribution in [0.1, 0.15) is 57.9 Å². The molecule has 16 heteroatoms. The first-order valence-electron chi connectivity index (χ1n) is 23.2. The molecular formula is C58H32Cl8N6O2. The summed E-state index contributed by atoms with van der Waals surface area (Å²) in [5.74, 6) is -1.25. The molecule has 4 aliphatic heterocycles. The first-order valence-corrected chi connectivity index (χ1v) is 26.2. The summed E-state index contributed by atoms with van der Waals surface area (Å²) in [6, 6.07) is 49.4. The van der Waals surface area contributed by atoms with Crippen molar-refractivity contribution in [1.82, 2.24) is 19.9 Å². The number of nitrogens with one attached hydrogen (secondary N) is 2. The van der Waals surface area contributed by atoms with E-state index < -0.39 is 24.0 Å². The summed E-state index contributed by atoms with van der Waals surface area (Å²) in [6.45, 7) is 0. The molecule has 3 aromatic heterocycles. The third kappa shape index (κ3) is 7.98. The van der Waals surface area contributed by atoms with E-state index in [9.17, 15) is 0 Å². The SMILES string of the molecule is Clc1ccc(-c2c3nc(c(-c4ccc(Cl)cc4)c4ccc([nH]4)c(-c4ccc(Cl)cc4)c4nc(c(-c5ccc(Cl)cc5)c5ccc2[nH]5)[C@@H]2C(c5c(Cl)cccc5Cl)=NO[C@H]42)[C@@H]2C(c4c(Cl)cccc4Cl)=NO[C@H]32)cc1. The highest BCUT2D eigenvalue weighted by molar-refractivity contribution is 6.42. The maximum atomic E-state index is 7.05. The van der Waals surface area contributed by atoms with Crippen LogP contribution in [0.25, 0.3) is 66.6 Å². The number of hydrogen-bond acceptors (Lipinski definition) is 6. The van der Waals surface area contributed by atoms with Gasteiger partial charge >= 0.3 is 0 Å². The van der Waals surface area contributed by atoms with Crippen molar-refractivity contribution in [3.05, 3.63) is 232 Å². The van der Waals surface area contributed by atoms with Crippen LogP contribution in [0.15, 0.2) is 168 Å². The average Bonchev–Trinajstić information content (AvgIpc) is 4.28. The average molecular weight is 1130 g/mol. The second-order valence-corrected chi connectivity index (χ2v) is 21.4. The van der Waals surface area contributed by atoms with Crippen molar-refractivity contribution in [2.75, 3.05) is 0 Å². The van der Waals surface area contributed by atoms with E-state index in [-0.39, 0.29) is 0 Å². The number of halogens is 8. The molecule has 4 atom stereocenters. The molecule has 0 saturated carbocycles. The smallest absolute Gasteiger partial charge is 0.184 e. The van der Waals surface area contributed by atoms with Gasteiger partial charge in [0, 0.05) is 75.5 Å². The Hall–Kier alpha value is -6.30. The number of rotatable bonds is 6. The van der Waals surface area contributed by atoms with Crippen LogP contribution in [0.4, 0.5) is 0 Å². The molecule has 9 aromatic rings. The highest BCUT2D eigenvalue weighted by Gasteiger charge is 2.49. The minimum absolute atomic E-state index is 0.412. The molecule has 8 nitrogen and oxygen atoms in total. The molecule has 0 fully saturated rings. The Morgan fingerprint density at radius 3 is 0.865 bits per heavy atom. The van der Waals surface area contributed by atoms with Crippen molar-refractivity contribution >= 4 is 126 Å². The van der Waals surface area contributed by atoms with Crippen LogP contribution in [-0.2, 0) is 9.68 Å². The highest BCUT2D eigenvalue weighted by atomic mass is 35.5. The van der Waals surface area contributed by atoms with Crippen LogP contribution in [0, 0.1) is 0 Å². The standard InChI is InChI=1S/C58H32Cl8N6O2/c59-31-15-7-27(8-16-31)43-39-23-25-42(67-39)46(30-13-21-34(62)22-14-30)56-58-50(54(72-74-58)48-37(65)5-2-6-38(48)66)52(70-56)44(28-9-17-32(60)18-10-28)40-24-26-41(68-40)45(29-11-19-33(61)20-12-29)55-57-49(51(43)69-55)53(71-73-57)47-35(63)3-1-4-36(47)64/h1-26,49-50,57-58,67-68H/t49-,50-,57+,58+/m1/s1. The normalized spacial score (nSPS) is 17.6. The molecule has 0 radical (unpaired) electrons. The van der Waals surface area contributed by atoms with Crippen molar-refractivity contribution < 1.29 is 9.68 Å². The third-order valence-corrected chi connectivity index (χ3v) is 16.0. The van der Waals surface area contributed by atoms with E-state index in [1.54, 1.807) is 36.4 Å². The molecule has 6 aromatic carbocycles. The monoisotopic (exact) mass is 1120 g/mol. The van der Waals surface area contributed by atoms with Gasteiger partial charge in [-0.25, -0.2) is 0 Å². The minimum Gasteiger partial charge on any atom is -0.385 e. The number of benzene rings is 6. The molecule has 362 valence electrons. The van der Waals surface area contributed by atoms with Crippen LogP contribution >= 0.6 is 92.8 Å². The molecule has 74 heavy (non-hydrogen) atoms. The van der Waals surface area contributed by atoms with Gasteiger partial charge in [-0.05, 0) is 119 Å². The van der Waals surface area contributed by atoms with Crippen LogP contribution < -0.4 is 0 Å². The number of aromatic nitrogens is 4.